The third-order valence-corrected chi connectivity index (χ3v) is 3.17. The Bertz CT molecular complexity index is 509. The van der Waals surface area contributed by atoms with E-state index in [1.807, 2.05) is 30.5 Å². The number of hydrogen-bond acceptors (Lipinski definition) is 3. The zero-order valence-electron chi connectivity index (χ0n) is 9.35. The minimum absolute atomic E-state index is 0.382. The summed E-state index contributed by atoms with van der Waals surface area (Å²) in [7, 11) is 0. The molecule has 0 amide bonds. The van der Waals surface area contributed by atoms with Gasteiger partial charge in [0.05, 0.1) is 29.0 Å². The molecular formula is C13H15N3. The van der Waals surface area contributed by atoms with E-state index in [4.69, 9.17) is 0 Å². The van der Waals surface area contributed by atoms with E-state index in [1.54, 1.807) is 0 Å². The molecule has 3 rings (SSSR count). The van der Waals surface area contributed by atoms with Crippen molar-refractivity contribution in [3.63, 3.8) is 0 Å². The maximum atomic E-state index is 4.67. The van der Waals surface area contributed by atoms with Gasteiger partial charge in [-0.2, -0.15) is 0 Å². The fraction of sp³-hybridized carbons (Fsp3) is 0.385. The Balaban J connectivity index is 1.99. The Labute approximate surface area is 94.9 Å². The molecule has 2 aromatic rings. The number of nitrogens with one attached hydrogen (secondary N) is 1. The van der Waals surface area contributed by atoms with Gasteiger partial charge >= 0.3 is 0 Å². The number of para-hydroxylation sites is 2. The van der Waals surface area contributed by atoms with E-state index >= 15 is 0 Å². The highest BCUT2D eigenvalue weighted by atomic mass is 15.0. The molecule has 82 valence electrons. The summed E-state index contributed by atoms with van der Waals surface area (Å²) in [5, 5.41) is 3.48. The Hall–Kier alpha value is -1.48. The van der Waals surface area contributed by atoms with Crippen molar-refractivity contribution in [1.82, 2.24) is 15.3 Å². The lowest BCUT2D eigenvalue weighted by atomic mass is 10.1. The fourth-order valence-corrected chi connectivity index (χ4v) is 2.28. The predicted octanol–water partition coefficient (Wildman–Crippen LogP) is 2.30. The third kappa shape index (κ3) is 1.67. The molecule has 0 spiro atoms. The molecule has 3 heteroatoms. The predicted molar refractivity (Wildman–Crippen MR) is 64.1 cm³/mol. The Morgan fingerprint density at radius 3 is 2.81 bits per heavy atom. The van der Waals surface area contributed by atoms with Crippen LogP contribution in [0.15, 0.2) is 30.5 Å². The van der Waals surface area contributed by atoms with Crippen LogP contribution in [0.4, 0.5) is 0 Å². The van der Waals surface area contributed by atoms with Gasteiger partial charge in [0.25, 0.3) is 0 Å². The van der Waals surface area contributed by atoms with Crippen molar-refractivity contribution < 1.29 is 0 Å². The van der Waals surface area contributed by atoms with Crippen LogP contribution in [-0.2, 0) is 0 Å². The molecule has 2 atom stereocenters. The van der Waals surface area contributed by atoms with E-state index in [2.05, 4.69) is 22.2 Å². The Morgan fingerprint density at radius 1 is 1.25 bits per heavy atom. The lowest BCUT2D eigenvalue weighted by molar-refractivity contribution is 0.599. The second kappa shape index (κ2) is 3.83. The molecule has 1 aliphatic heterocycles. The zero-order valence-corrected chi connectivity index (χ0v) is 9.35. The van der Waals surface area contributed by atoms with Crippen LogP contribution in [0.2, 0.25) is 0 Å². The second-order valence-corrected chi connectivity index (χ2v) is 4.59. The van der Waals surface area contributed by atoms with E-state index in [1.165, 1.54) is 0 Å². The van der Waals surface area contributed by atoms with E-state index in [0.29, 0.717) is 6.04 Å². The number of benzene rings is 1. The summed E-state index contributed by atoms with van der Waals surface area (Å²) in [6, 6.07) is 8.39. The van der Waals surface area contributed by atoms with Gasteiger partial charge in [0.15, 0.2) is 0 Å². The number of nitrogens with zero attached hydrogens (tertiary/aromatic N) is 2. The molecular weight excluding hydrogens is 198 g/mol. The molecule has 2 unspecified atom stereocenters. The van der Waals surface area contributed by atoms with E-state index in [-0.39, 0.29) is 0 Å². The standard InChI is InChI=1S/C13H15N3/c1-9-6-12(14-7-9)13-8-15-10-4-2-3-5-11(10)16-13/h2-5,8-9,12,14H,6-7H2,1H3. The first-order valence-electron chi connectivity index (χ1n) is 5.78. The summed E-state index contributed by atoms with van der Waals surface area (Å²) >= 11 is 0. The quantitative estimate of drug-likeness (QED) is 0.789. The second-order valence-electron chi connectivity index (χ2n) is 4.59. The van der Waals surface area contributed by atoms with Gasteiger partial charge in [-0.25, -0.2) is 4.98 Å². The minimum atomic E-state index is 0.382. The highest BCUT2D eigenvalue weighted by molar-refractivity contribution is 5.73. The average Bonchev–Trinajstić information content (AvgIpc) is 2.75. The van der Waals surface area contributed by atoms with Crippen LogP contribution in [0.25, 0.3) is 11.0 Å². The van der Waals surface area contributed by atoms with Crippen LogP contribution in [-0.4, -0.2) is 16.5 Å². The summed E-state index contributed by atoms with van der Waals surface area (Å²) in [4.78, 5) is 9.11. The largest absolute Gasteiger partial charge is 0.308 e. The highest BCUT2D eigenvalue weighted by Crippen LogP contribution is 2.25. The minimum Gasteiger partial charge on any atom is -0.308 e. The molecule has 3 nitrogen and oxygen atoms in total. The summed E-state index contributed by atoms with van der Waals surface area (Å²) in [6.07, 6.45) is 3.06. The summed E-state index contributed by atoms with van der Waals surface area (Å²) < 4.78 is 0. The number of rotatable bonds is 1. The van der Waals surface area contributed by atoms with Gasteiger partial charge in [-0.15, -0.1) is 0 Å². The van der Waals surface area contributed by atoms with E-state index in [9.17, 15) is 0 Å². The van der Waals surface area contributed by atoms with Crippen LogP contribution in [0, 0.1) is 5.92 Å². The maximum absolute atomic E-state index is 4.67. The molecule has 0 bridgehead atoms. The molecule has 1 aromatic carbocycles. The molecule has 2 heterocycles. The highest BCUT2D eigenvalue weighted by Gasteiger charge is 2.23. The normalized spacial score (nSPS) is 25.1. The van der Waals surface area contributed by atoms with E-state index < -0.39 is 0 Å². The van der Waals surface area contributed by atoms with Crippen molar-refractivity contribution >= 4 is 11.0 Å². The van der Waals surface area contributed by atoms with Crippen molar-refractivity contribution in [2.24, 2.45) is 5.92 Å². The molecule has 0 saturated carbocycles. The van der Waals surface area contributed by atoms with Crippen LogP contribution in [0.1, 0.15) is 25.1 Å². The Morgan fingerprint density at radius 2 is 2.06 bits per heavy atom. The monoisotopic (exact) mass is 213 g/mol. The molecule has 1 N–H and O–H groups in total. The van der Waals surface area contributed by atoms with Crippen molar-refractivity contribution in [2.75, 3.05) is 6.54 Å². The van der Waals surface area contributed by atoms with Crippen molar-refractivity contribution in [3.05, 3.63) is 36.2 Å². The van der Waals surface area contributed by atoms with Gasteiger partial charge in [0, 0.05) is 0 Å². The zero-order chi connectivity index (χ0) is 11.0. The molecule has 0 radical (unpaired) electrons. The maximum Gasteiger partial charge on any atom is 0.0890 e. The van der Waals surface area contributed by atoms with Crippen LogP contribution in [0.5, 0.6) is 0 Å². The number of fused-ring (bicyclic) bond motifs is 1. The van der Waals surface area contributed by atoms with Gasteiger partial charge in [0.2, 0.25) is 0 Å². The first-order valence-corrected chi connectivity index (χ1v) is 5.78. The van der Waals surface area contributed by atoms with E-state index in [0.717, 1.165) is 35.6 Å². The lowest BCUT2D eigenvalue weighted by Crippen LogP contribution is -2.14. The van der Waals surface area contributed by atoms with Crippen molar-refractivity contribution in [1.29, 1.82) is 0 Å². The van der Waals surface area contributed by atoms with Gasteiger partial charge in [-0.05, 0) is 31.0 Å². The van der Waals surface area contributed by atoms with Crippen molar-refractivity contribution in [2.45, 2.75) is 19.4 Å². The molecule has 1 aromatic heterocycles. The average molecular weight is 213 g/mol. The summed E-state index contributed by atoms with van der Waals surface area (Å²) in [5.41, 5.74) is 3.03. The van der Waals surface area contributed by atoms with Gasteiger partial charge < -0.3 is 5.32 Å². The van der Waals surface area contributed by atoms with Gasteiger partial charge in [0.1, 0.15) is 0 Å². The summed E-state index contributed by atoms with van der Waals surface area (Å²) in [5.74, 6) is 0.735. The fourth-order valence-electron chi connectivity index (χ4n) is 2.28. The number of hydrogen-bond donors (Lipinski definition) is 1. The van der Waals surface area contributed by atoms with Crippen molar-refractivity contribution in [3.8, 4) is 0 Å². The molecule has 0 aliphatic carbocycles. The lowest BCUT2D eigenvalue weighted by Gasteiger charge is -2.09. The molecule has 1 aliphatic rings. The summed E-state index contributed by atoms with van der Waals surface area (Å²) in [6.45, 7) is 3.35. The smallest absolute Gasteiger partial charge is 0.0890 e. The van der Waals surface area contributed by atoms with Crippen LogP contribution < -0.4 is 5.32 Å². The SMILES string of the molecule is CC1CNC(c2cnc3ccccc3n2)C1. The topological polar surface area (TPSA) is 37.8 Å². The van der Waals surface area contributed by atoms with Crippen LogP contribution in [0.3, 0.4) is 0 Å². The number of aromatic nitrogens is 2. The van der Waals surface area contributed by atoms with Gasteiger partial charge in [-0.3, -0.25) is 4.98 Å². The molecule has 1 saturated heterocycles. The molecule has 16 heavy (non-hydrogen) atoms. The third-order valence-electron chi connectivity index (χ3n) is 3.17. The first-order chi connectivity index (χ1) is 7.83. The van der Waals surface area contributed by atoms with Gasteiger partial charge in [-0.1, -0.05) is 19.1 Å². The van der Waals surface area contributed by atoms with Crippen LogP contribution >= 0.6 is 0 Å². The first kappa shape index (κ1) is 9.73. The molecule has 1 fully saturated rings. The Kier molecular flexibility index (Phi) is 2.33.